The largest absolute Gasteiger partial charge is 0.464 e. The molecule has 0 aliphatic carbocycles. The molecule has 144 valence electrons. The first-order chi connectivity index (χ1) is 12.8. The van der Waals surface area contributed by atoms with Gasteiger partial charge in [-0.25, -0.2) is 11.4 Å². The van der Waals surface area contributed by atoms with Crippen LogP contribution in [0.15, 0.2) is 18.2 Å². The smallest absolute Gasteiger partial charge is 0.329 e. The van der Waals surface area contributed by atoms with E-state index in [9.17, 15) is 9.59 Å². The van der Waals surface area contributed by atoms with Crippen molar-refractivity contribution in [2.24, 2.45) is 5.92 Å². The van der Waals surface area contributed by atoms with Crippen molar-refractivity contribution in [2.75, 3.05) is 13.4 Å². The molecule has 0 unspecified atom stereocenters. The molecule has 2 aliphatic rings. The fourth-order valence-electron chi connectivity index (χ4n) is 3.80. The summed E-state index contributed by atoms with van der Waals surface area (Å²) in [4.78, 5) is 31.0. The van der Waals surface area contributed by atoms with Crippen LogP contribution in [0.5, 0.6) is 11.5 Å². The SMILES string of the molecule is [C-]#[N+][C@]1(C)C[C@H](C(=O)OCC)N(C(=O)C(C)C)[C@@H]1c1ccc2c(c1)OCO2. The molecule has 1 amide bonds. The van der Waals surface area contributed by atoms with Gasteiger partial charge in [-0.15, -0.1) is 0 Å². The Bertz CT molecular complexity index is 800. The topological polar surface area (TPSA) is 69.4 Å². The van der Waals surface area contributed by atoms with E-state index in [2.05, 4.69) is 4.85 Å². The number of carbonyl (C=O) groups is 2. The Morgan fingerprint density at radius 1 is 1.37 bits per heavy atom. The van der Waals surface area contributed by atoms with E-state index in [4.69, 9.17) is 20.8 Å². The minimum Gasteiger partial charge on any atom is -0.464 e. The van der Waals surface area contributed by atoms with Crippen molar-refractivity contribution < 1.29 is 23.8 Å². The lowest BCUT2D eigenvalue weighted by atomic mass is 9.87. The van der Waals surface area contributed by atoms with Crippen molar-refractivity contribution >= 4 is 11.9 Å². The Balaban J connectivity index is 2.10. The molecule has 3 rings (SSSR count). The van der Waals surface area contributed by atoms with Gasteiger partial charge >= 0.3 is 5.97 Å². The van der Waals surface area contributed by atoms with E-state index in [-0.39, 0.29) is 31.6 Å². The van der Waals surface area contributed by atoms with E-state index < -0.39 is 23.6 Å². The maximum Gasteiger partial charge on any atom is 0.329 e. The molecule has 0 N–H and O–H groups in total. The van der Waals surface area contributed by atoms with Gasteiger partial charge in [0.15, 0.2) is 11.5 Å². The molecule has 0 radical (unpaired) electrons. The molecular weight excluding hydrogens is 348 g/mol. The van der Waals surface area contributed by atoms with Crippen LogP contribution in [0.1, 0.15) is 45.7 Å². The molecule has 0 aromatic heterocycles. The first kappa shape index (κ1) is 19.0. The van der Waals surface area contributed by atoms with Crippen LogP contribution >= 0.6 is 0 Å². The van der Waals surface area contributed by atoms with Crippen LogP contribution in [0, 0.1) is 12.5 Å². The van der Waals surface area contributed by atoms with Gasteiger partial charge in [0.2, 0.25) is 12.7 Å². The Kier molecular flexibility index (Phi) is 5.01. The summed E-state index contributed by atoms with van der Waals surface area (Å²) in [6.07, 6.45) is 0.229. The molecule has 2 aliphatic heterocycles. The predicted molar refractivity (Wildman–Crippen MR) is 97.0 cm³/mol. The minimum atomic E-state index is -0.949. The molecular formula is C20H24N2O5. The lowest BCUT2D eigenvalue weighted by Crippen LogP contribution is -2.45. The third-order valence-corrected chi connectivity index (χ3v) is 5.08. The number of likely N-dealkylation sites (tertiary alicyclic amines) is 1. The van der Waals surface area contributed by atoms with Crippen LogP contribution in [0.25, 0.3) is 4.85 Å². The normalized spacial score (nSPS) is 26.1. The number of esters is 1. The molecule has 1 saturated heterocycles. The van der Waals surface area contributed by atoms with Crippen LogP contribution < -0.4 is 9.47 Å². The van der Waals surface area contributed by atoms with Crippen molar-refractivity contribution in [1.82, 2.24) is 4.90 Å². The zero-order chi connectivity index (χ0) is 19.8. The number of hydrogen-bond acceptors (Lipinski definition) is 5. The number of nitrogens with zero attached hydrogens (tertiary/aromatic N) is 2. The fourth-order valence-corrected chi connectivity index (χ4v) is 3.80. The molecule has 7 nitrogen and oxygen atoms in total. The molecule has 3 atom stereocenters. The average molecular weight is 372 g/mol. The lowest BCUT2D eigenvalue weighted by molar-refractivity contribution is -0.155. The Labute approximate surface area is 159 Å². The first-order valence-corrected chi connectivity index (χ1v) is 9.09. The highest BCUT2D eigenvalue weighted by molar-refractivity contribution is 5.87. The van der Waals surface area contributed by atoms with Crippen LogP contribution in [-0.2, 0) is 14.3 Å². The average Bonchev–Trinajstić information content (AvgIpc) is 3.23. The summed E-state index contributed by atoms with van der Waals surface area (Å²) in [5, 5.41) is 0. The quantitative estimate of drug-likeness (QED) is 0.600. The monoisotopic (exact) mass is 372 g/mol. The van der Waals surface area contributed by atoms with Crippen LogP contribution in [0.2, 0.25) is 0 Å². The summed E-state index contributed by atoms with van der Waals surface area (Å²) in [5.41, 5.74) is -0.200. The van der Waals surface area contributed by atoms with Crippen LogP contribution in [-0.4, -0.2) is 41.8 Å². The predicted octanol–water partition coefficient (Wildman–Crippen LogP) is 2.95. The Morgan fingerprint density at radius 2 is 2.07 bits per heavy atom. The molecule has 7 heteroatoms. The zero-order valence-electron chi connectivity index (χ0n) is 16.0. The highest BCUT2D eigenvalue weighted by atomic mass is 16.7. The summed E-state index contributed by atoms with van der Waals surface area (Å²) in [6.45, 7) is 15.2. The van der Waals surface area contributed by atoms with Crippen molar-refractivity contribution in [2.45, 2.75) is 51.7 Å². The summed E-state index contributed by atoms with van der Waals surface area (Å²) in [6, 6.07) is 4.04. The Hall–Kier alpha value is -2.75. The van der Waals surface area contributed by atoms with Gasteiger partial charge in [0.05, 0.1) is 13.0 Å². The van der Waals surface area contributed by atoms with Crippen molar-refractivity contribution in [3.8, 4) is 11.5 Å². The summed E-state index contributed by atoms with van der Waals surface area (Å²) < 4.78 is 16.0. The Morgan fingerprint density at radius 3 is 2.70 bits per heavy atom. The van der Waals surface area contributed by atoms with Crippen molar-refractivity contribution in [3.05, 3.63) is 35.2 Å². The van der Waals surface area contributed by atoms with Gasteiger partial charge in [-0.3, -0.25) is 4.79 Å². The second-order valence-corrected chi connectivity index (χ2v) is 7.36. The molecule has 1 aromatic rings. The number of rotatable bonds is 4. The number of carbonyl (C=O) groups excluding carboxylic acids is 2. The van der Waals surface area contributed by atoms with Gasteiger partial charge in [0.1, 0.15) is 12.1 Å². The van der Waals surface area contributed by atoms with Gasteiger partial charge in [-0.1, -0.05) is 19.9 Å². The molecule has 0 spiro atoms. The second kappa shape index (κ2) is 7.10. The number of hydrogen-bond donors (Lipinski definition) is 0. The minimum absolute atomic E-state index is 0.142. The molecule has 2 heterocycles. The van der Waals surface area contributed by atoms with Gasteiger partial charge in [-0.2, -0.15) is 0 Å². The lowest BCUT2D eigenvalue weighted by Gasteiger charge is -2.31. The van der Waals surface area contributed by atoms with E-state index in [0.29, 0.717) is 11.5 Å². The second-order valence-electron chi connectivity index (χ2n) is 7.36. The van der Waals surface area contributed by atoms with Crippen molar-refractivity contribution in [3.63, 3.8) is 0 Å². The van der Waals surface area contributed by atoms with Gasteiger partial charge in [-0.05, 0) is 24.6 Å². The van der Waals surface area contributed by atoms with E-state index in [0.717, 1.165) is 5.56 Å². The molecule has 0 saturated carbocycles. The van der Waals surface area contributed by atoms with E-state index in [1.165, 1.54) is 4.90 Å². The maximum atomic E-state index is 13.0. The summed E-state index contributed by atoms with van der Waals surface area (Å²) in [7, 11) is 0. The number of ether oxygens (including phenoxy) is 3. The van der Waals surface area contributed by atoms with E-state index in [1.54, 1.807) is 39.8 Å². The summed E-state index contributed by atoms with van der Waals surface area (Å²) >= 11 is 0. The number of amides is 1. The standard InChI is InChI=1S/C20H24N2O5/c1-6-25-19(24)14-10-20(4,21-5)17(22(14)18(23)12(2)3)13-7-8-15-16(9-13)27-11-26-15/h7-9,12,14,17H,6,10-11H2,1-4H3/t14-,17-,20-/m1/s1. The van der Waals surface area contributed by atoms with E-state index in [1.807, 2.05) is 6.07 Å². The summed E-state index contributed by atoms with van der Waals surface area (Å²) in [5.74, 6) is 0.250. The highest BCUT2D eigenvalue weighted by Gasteiger charge is 2.60. The van der Waals surface area contributed by atoms with E-state index >= 15 is 0 Å². The maximum absolute atomic E-state index is 13.0. The molecule has 1 fully saturated rings. The first-order valence-electron chi connectivity index (χ1n) is 9.09. The molecule has 27 heavy (non-hydrogen) atoms. The number of benzene rings is 1. The molecule has 1 aromatic carbocycles. The van der Waals surface area contributed by atoms with Gasteiger partial charge in [0.25, 0.3) is 5.54 Å². The van der Waals surface area contributed by atoms with Gasteiger partial charge in [0, 0.05) is 12.8 Å². The third kappa shape index (κ3) is 3.20. The zero-order valence-corrected chi connectivity index (χ0v) is 16.0. The van der Waals surface area contributed by atoms with Gasteiger partial charge < -0.3 is 24.0 Å². The van der Waals surface area contributed by atoms with Crippen molar-refractivity contribution in [1.29, 1.82) is 0 Å². The highest BCUT2D eigenvalue weighted by Crippen LogP contribution is 2.49. The fraction of sp³-hybridized carbons (Fsp3) is 0.550. The molecule has 0 bridgehead atoms. The third-order valence-electron chi connectivity index (χ3n) is 5.08. The van der Waals surface area contributed by atoms with Crippen LogP contribution in [0.3, 0.4) is 0 Å². The number of fused-ring (bicyclic) bond motifs is 1. The van der Waals surface area contributed by atoms with Crippen LogP contribution in [0.4, 0.5) is 0 Å².